The van der Waals surface area contributed by atoms with E-state index in [1.807, 2.05) is 62.4 Å². The molecule has 0 bridgehead atoms. The molecule has 0 aliphatic heterocycles. The summed E-state index contributed by atoms with van der Waals surface area (Å²) in [4.78, 5) is 25.1. The fourth-order valence-electron chi connectivity index (χ4n) is 4.89. The number of aryl methyl sites for hydroxylation is 2. The van der Waals surface area contributed by atoms with Crippen LogP contribution in [0.25, 0.3) is 22.5 Å². The topological polar surface area (TPSA) is 69.4 Å². The van der Waals surface area contributed by atoms with Gasteiger partial charge >= 0.3 is 5.97 Å². The molecule has 5 nitrogen and oxygen atoms in total. The highest BCUT2D eigenvalue weighted by atomic mass is 19.1. The Labute approximate surface area is 221 Å². The van der Waals surface area contributed by atoms with E-state index >= 15 is 0 Å². The first-order valence-corrected chi connectivity index (χ1v) is 13.0. The zero-order valence-corrected chi connectivity index (χ0v) is 21.6. The molecule has 3 aromatic carbocycles. The van der Waals surface area contributed by atoms with Crippen LogP contribution in [0.15, 0.2) is 77.3 Å². The molecule has 5 rings (SSSR count). The molecule has 0 amide bonds. The number of Topliss-reactive ketones (excluding diaryl/α,β-unsaturated/α-hetero) is 1. The van der Waals surface area contributed by atoms with Crippen LogP contribution in [0.3, 0.4) is 0 Å². The van der Waals surface area contributed by atoms with Gasteiger partial charge in [0, 0.05) is 24.0 Å². The lowest BCUT2D eigenvalue weighted by molar-refractivity contribution is -0.146. The highest BCUT2D eigenvalue weighted by Gasteiger charge is 2.52. The third-order valence-electron chi connectivity index (χ3n) is 7.32. The summed E-state index contributed by atoms with van der Waals surface area (Å²) in [6.07, 6.45) is 2.44. The molecule has 0 spiro atoms. The minimum Gasteiger partial charge on any atom is -0.465 e. The van der Waals surface area contributed by atoms with Crippen LogP contribution in [0.5, 0.6) is 0 Å². The zero-order valence-electron chi connectivity index (χ0n) is 21.6. The molecule has 1 saturated carbocycles. The first-order chi connectivity index (χ1) is 18.4. The van der Waals surface area contributed by atoms with Crippen molar-refractivity contribution >= 4 is 11.8 Å². The van der Waals surface area contributed by atoms with Crippen molar-refractivity contribution in [3.63, 3.8) is 0 Å². The van der Waals surface area contributed by atoms with E-state index in [0.29, 0.717) is 30.0 Å². The van der Waals surface area contributed by atoms with E-state index in [1.165, 1.54) is 6.07 Å². The maximum Gasteiger partial charge on any atom is 0.316 e. The lowest BCUT2D eigenvalue weighted by Gasteiger charge is -2.14. The van der Waals surface area contributed by atoms with Gasteiger partial charge in [-0.15, -0.1) is 0 Å². The Morgan fingerprint density at radius 2 is 1.58 bits per heavy atom. The summed E-state index contributed by atoms with van der Waals surface area (Å²) in [5.41, 5.74) is 5.40. The van der Waals surface area contributed by atoms with E-state index in [0.717, 1.165) is 40.7 Å². The number of hydrogen-bond donors (Lipinski definition) is 0. The van der Waals surface area contributed by atoms with Crippen molar-refractivity contribution in [2.45, 2.75) is 51.4 Å². The number of carbonyl (C=O) groups is 2. The van der Waals surface area contributed by atoms with Gasteiger partial charge in [0.2, 0.25) is 0 Å². The molecule has 0 N–H and O–H groups in total. The van der Waals surface area contributed by atoms with Gasteiger partial charge in [-0.3, -0.25) is 9.59 Å². The molecule has 0 atom stereocenters. The Balaban J connectivity index is 1.28. The van der Waals surface area contributed by atoms with E-state index in [1.54, 1.807) is 18.2 Å². The molecule has 0 radical (unpaired) electrons. The molecule has 1 fully saturated rings. The van der Waals surface area contributed by atoms with E-state index in [-0.39, 0.29) is 30.4 Å². The van der Waals surface area contributed by atoms with Crippen molar-refractivity contribution in [1.29, 1.82) is 0 Å². The summed E-state index contributed by atoms with van der Waals surface area (Å²) < 4.78 is 24.8. The van der Waals surface area contributed by atoms with Gasteiger partial charge in [-0.2, -0.15) is 0 Å². The molecule has 1 aromatic heterocycles. The highest BCUT2D eigenvalue weighted by Crippen LogP contribution is 2.49. The van der Waals surface area contributed by atoms with Crippen LogP contribution in [-0.2, 0) is 32.6 Å². The summed E-state index contributed by atoms with van der Waals surface area (Å²) in [5.74, 6) is 0.159. The second-order valence-electron chi connectivity index (χ2n) is 9.84. The normalized spacial score (nSPS) is 13.8. The van der Waals surface area contributed by atoms with Gasteiger partial charge in [0.05, 0.1) is 17.7 Å². The van der Waals surface area contributed by atoms with Gasteiger partial charge in [0.25, 0.3) is 0 Å². The number of ketones is 1. The average Bonchev–Trinajstić information content (AvgIpc) is 3.67. The predicted molar refractivity (Wildman–Crippen MR) is 143 cm³/mol. The van der Waals surface area contributed by atoms with Crippen LogP contribution in [0.4, 0.5) is 4.39 Å². The summed E-state index contributed by atoms with van der Waals surface area (Å²) in [6.45, 7) is 4.04. The second kappa shape index (κ2) is 10.7. The van der Waals surface area contributed by atoms with Gasteiger partial charge in [-0.05, 0) is 61.4 Å². The molecule has 1 aliphatic carbocycles. The van der Waals surface area contributed by atoms with E-state index in [2.05, 4.69) is 5.16 Å². The number of hydrogen-bond acceptors (Lipinski definition) is 5. The quantitative estimate of drug-likeness (QED) is 0.219. The Morgan fingerprint density at radius 3 is 2.21 bits per heavy atom. The lowest BCUT2D eigenvalue weighted by atomic mass is 9.93. The molecule has 38 heavy (non-hydrogen) atoms. The maximum absolute atomic E-state index is 13.9. The number of benzene rings is 3. The van der Waals surface area contributed by atoms with Crippen LogP contribution in [0.2, 0.25) is 0 Å². The third kappa shape index (κ3) is 5.17. The number of carbonyl (C=O) groups excluding carboxylic acids is 2. The summed E-state index contributed by atoms with van der Waals surface area (Å²) >= 11 is 0. The summed E-state index contributed by atoms with van der Waals surface area (Å²) in [5, 5.41) is 4.10. The SMILES string of the molecule is CCOC(=O)C1(c2ccc(-c3ccc(-c4onc(C)c4CC(=O)CCc4ccccc4F)cc3)cc2)CC1. The van der Waals surface area contributed by atoms with E-state index < -0.39 is 5.41 Å². The number of ether oxygens (including phenoxy) is 1. The van der Waals surface area contributed by atoms with Crippen molar-refractivity contribution in [3.05, 3.63) is 101 Å². The lowest BCUT2D eigenvalue weighted by Crippen LogP contribution is -2.23. The molecular weight excluding hydrogens is 481 g/mol. The standard InChI is InChI=1S/C32H30FNO4/c1-3-37-31(36)32(18-19-32)26-15-12-23(13-16-26)22-8-10-25(11-9-22)30-28(21(2)34-38-30)20-27(35)17-14-24-6-4-5-7-29(24)33/h4-13,15-16H,3,14,17-20H2,1-2H3. The fraction of sp³-hybridized carbons (Fsp3) is 0.281. The number of aromatic nitrogens is 1. The van der Waals surface area contributed by atoms with Crippen LogP contribution >= 0.6 is 0 Å². The van der Waals surface area contributed by atoms with Crippen molar-refractivity contribution in [1.82, 2.24) is 5.16 Å². The Morgan fingerprint density at radius 1 is 0.947 bits per heavy atom. The number of nitrogens with zero attached hydrogens (tertiary/aromatic N) is 1. The van der Waals surface area contributed by atoms with Gasteiger partial charge in [0.15, 0.2) is 5.76 Å². The molecule has 1 aliphatic rings. The predicted octanol–water partition coefficient (Wildman–Crippen LogP) is 6.80. The first kappa shape index (κ1) is 25.6. The van der Waals surface area contributed by atoms with Gasteiger partial charge in [-0.25, -0.2) is 4.39 Å². The zero-order chi connectivity index (χ0) is 26.7. The monoisotopic (exact) mass is 511 g/mol. The fourth-order valence-corrected chi connectivity index (χ4v) is 4.89. The average molecular weight is 512 g/mol. The van der Waals surface area contributed by atoms with Crippen molar-refractivity contribution in [2.75, 3.05) is 6.61 Å². The summed E-state index contributed by atoms with van der Waals surface area (Å²) in [6, 6.07) is 22.5. The van der Waals surface area contributed by atoms with Crippen molar-refractivity contribution in [3.8, 4) is 22.5 Å². The first-order valence-electron chi connectivity index (χ1n) is 13.0. The van der Waals surface area contributed by atoms with Gasteiger partial charge in [-0.1, -0.05) is 71.9 Å². The number of halogens is 1. The molecule has 0 unspecified atom stereocenters. The minimum atomic E-state index is -0.481. The Bertz CT molecular complexity index is 1450. The van der Waals surface area contributed by atoms with Crippen LogP contribution in [0, 0.1) is 12.7 Å². The maximum atomic E-state index is 13.9. The van der Waals surface area contributed by atoms with E-state index in [4.69, 9.17) is 9.26 Å². The molecule has 1 heterocycles. The largest absolute Gasteiger partial charge is 0.465 e. The second-order valence-corrected chi connectivity index (χ2v) is 9.84. The smallest absolute Gasteiger partial charge is 0.316 e. The highest BCUT2D eigenvalue weighted by molar-refractivity contribution is 5.87. The van der Waals surface area contributed by atoms with Crippen LogP contribution < -0.4 is 0 Å². The van der Waals surface area contributed by atoms with Crippen LogP contribution in [-0.4, -0.2) is 23.5 Å². The van der Waals surface area contributed by atoms with Crippen molar-refractivity contribution < 1.29 is 23.2 Å². The van der Waals surface area contributed by atoms with Crippen molar-refractivity contribution in [2.24, 2.45) is 0 Å². The molecular formula is C32H30FNO4. The molecule has 194 valence electrons. The van der Waals surface area contributed by atoms with Gasteiger partial charge in [0.1, 0.15) is 11.6 Å². The Hall–Kier alpha value is -4.06. The van der Waals surface area contributed by atoms with Crippen LogP contribution in [0.1, 0.15) is 48.6 Å². The minimum absolute atomic E-state index is 0.00812. The third-order valence-corrected chi connectivity index (χ3v) is 7.32. The van der Waals surface area contributed by atoms with Gasteiger partial charge < -0.3 is 9.26 Å². The van der Waals surface area contributed by atoms with E-state index in [9.17, 15) is 14.0 Å². The Kier molecular flexibility index (Phi) is 7.23. The molecule has 0 saturated heterocycles. The molecule has 4 aromatic rings. The number of rotatable bonds is 10. The summed E-state index contributed by atoms with van der Waals surface area (Å²) in [7, 11) is 0. The molecule has 6 heteroatoms. The number of esters is 1.